The number of carbonyl (C=O) groups excluding carboxylic acids is 1. The maximum atomic E-state index is 12.6. The number of anilines is 1. The van der Waals surface area contributed by atoms with Crippen LogP contribution in [-0.2, 0) is 4.79 Å². The highest BCUT2D eigenvalue weighted by atomic mass is 16.5. The number of fused-ring (bicyclic) bond motifs is 2. The summed E-state index contributed by atoms with van der Waals surface area (Å²) >= 11 is 0. The molecule has 1 aromatic carbocycles. The van der Waals surface area contributed by atoms with Gasteiger partial charge in [-0.25, -0.2) is 0 Å². The molecular weight excluding hydrogens is 398 g/mol. The number of amides is 1. The number of ether oxygens (including phenoxy) is 2. The Labute approximate surface area is 177 Å². The Balaban J connectivity index is 1.58. The minimum Gasteiger partial charge on any atom is -0.493 e. The molecule has 0 bridgehead atoms. The highest BCUT2D eigenvalue weighted by Crippen LogP contribution is 2.40. The van der Waals surface area contributed by atoms with Crippen LogP contribution < -0.4 is 14.8 Å². The van der Waals surface area contributed by atoms with Crippen molar-refractivity contribution in [3.05, 3.63) is 53.5 Å². The molecule has 1 aliphatic heterocycles. The Bertz CT molecular complexity index is 1290. The van der Waals surface area contributed by atoms with Crippen molar-refractivity contribution in [3.8, 4) is 17.3 Å². The number of hydrogen-bond acceptors (Lipinski definition) is 7. The SMILES string of the molecule is CCOc1ccc([C@@H]2CC(=O)Nc3c2cnn3-c2ccc3nnc(C)n3n2)cc1OC. The second-order valence-electron chi connectivity index (χ2n) is 7.22. The predicted molar refractivity (Wildman–Crippen MR) is 112 cm³/mol. The minimum absolute atomic E-state index is 0.0892. The molecule has 4 heterocycles. The van der Waals surface area contributed by atoms with Crippen LogP contribution in [0.25, 0.3) is 11.5 Å². The summed E-state index contributed by atoms with van der Waals surface area (Å²) in [5.74, 6) is 2.88. The van der Waals surface area contributed by atoms with Crippen molar-refractivity contribution in [2.75, 3.05) is 19.0 Å². The van der Waals surface area contributed by atoms with E-state index in [1.807, 2.05) is 38.1 Å². The van der Waals surface area contributed by atoms with Crippen LogP contribution in [0.1, 0.15) is 36.2 Å². The average Bonchev–Trinajstić information content (AvgIpc) is 3.37. The molecule has 1 N–H and O–H groups in total. The van der Waals surface area contributed by atoms with E-state index >= 15 is 0 Å². The molecule has 1 aliphatic rings. The summed E-state index contributed by atoms with van der Waals surface area (Å²) in [6, 6.07) is 9.36. The van der Waals surface area contributed by atoms with Crippen molar-refractivity contribution < 1.29 is 14.3 Å². The molecule has 1 atom stereocenters. The number of rotatable bonds is 5. The molecule has 3 aromatic heterocycles. The lowest BCUT2D eigenvalue weighted by molar-refractivity contribution is -0.116. The van der Waals surface area contributed by atoms with Crippen LogP contribution in [0.4, 0.5) is 5.82 Å². The highest BCUT2D eigenvalue weighted by molar-refractivity contribution is 5.94. The van der Waals surface area contributed by atoms with Crippen molar-refractivity contribution >= 4 is 17.4 Å². The molecule has 158 valence electrons. The molecule has 0 radical (unpaired) electrons. The number of nitrogens with zero attached hydrogens (tertiary/aromatic N) is 6. The monoisotopic (exact) mass is 419 g/mol. The van der Waals surface area contributed by atoms with E-state index < -0.39 is 0 Å². The van der Waals surface area contributed by atoms with Crippen LogP contribution >= 0.6 is 0 Å². The van der Waals surface area contributed by atoms with E-state index in [2.05, 4.69) is 25.7 Å². The maximum absolute atomic E-state index is 12.6. The first-order valence-corrected chi connectivity index (χ1v) is 9.97. The Morgan fingerprint density at radius 1 is 1.19 bits per heavy atom. The number of hydrogen-bond donors (Lipinski definition) is 1. The number of nitrogens with one attached hydrogen (secondary N) is 1. The molecule has 0 saturated carbocycles. The fourth-order valence-corrected chi connectivity index (χ4v) is 3.87. The van der Waals surface area contributed by atoms with E-state index in [4.69, 9.17) is 9.47 Å². The Kier molecular flexibility index (Phi) is 4.54. The molecule has 0 aliphatic carbocycles. The quantitative estimate of drug-likeness (QED) is 0.529. The van der Waals surface area contributed by atoms with Crippen molar-refractivity contribution in [2.45, 2.75) is 26.2 Å². The number of aromatic nitrogens is 6. The van der Waals surface area contributed by atoms with Gasteiger partial charge >= 0.3 is 0 Å². The average molecular weight is 419 g/mol. The van der Waals surface area contributed by atoms with Gasteiger partial charge in [0.05, 0.1) is 19.9 Å². The van der Waals surface area contributed by atoms with Crippen molar-refractivity contribution in [1.29, 1.82) is 0 Å². The van der Waals surface area contributed by atoms with Gasteiger partial charge in [0.1, 0.15) is 5.82 Å². The third kappa shape index (κ3) is 3.16. The van der Waals surface area contributed by atoms with Crippen LogP contribution in [0.15, 0.2) is 36.5 Å². The number of carbonyl (C=O) groups is 1. The molecule has 0 saturated heterocycles. The van der Waals surface area contributed by atoms with Gasteiger partial charge < -0.3 is 14.8 Å². The van der Waals surface area contributed by atoms with Crippen molar-refractivity contribution in [2.24, 2.45) is 0 Å². The Morgan fingerprint density at radius 2 is 2.06 bits per heavy atom. The molecule has 10 nitrogen and oxygen atoms in total. The lowest BCUT2D eigenvalue weighted by atomic mass is 9.87. The molecule has 0 unspecified atom stereocenters. The summed E-state index contributed by atoms with van der Waals surface area (Å²) in [4.78, 5) is 12.6. The fraction of sp³-hybridized carbons (Fsp3) is 0.286. The van der Waals surface area contributed by atoms with Crippen LogP contribution in [0.5, 0.6) is 11.5 Å². The second kappa shape index (κ2) is 7.38. The van der Waals surface area contributed by atoms with Crippen LogP contribution in [0.3, 0.4) is 0 Å². The van der Waals surface area contributed by atoms with E-state index in [0.29, 0.717) is 47.6 Å². The maximum Gasteiger partial charge on any atom is 0.226 e. The summed E-state index contributed by atoms with van der Waals surface area (Å²) in [7, 11) is 1.60. The predicted octanol–water partition coefficient (Wildman–Crippen LogP) is 2.50. The molecule has 4 aromatic rings. The van der Waals surface area contributed by atoms with Gasteiger partial charge in [0.15, 0.2) is 28.8 Å². The summed E-state index contributed by atoms with van der Waals surface area (Å²) in [6.45, 7) is 4.29. The number of aryl methyl sites for hydroxylation is 1. The van der Waals surface area contributed by atoms with Crippen molar-refractivity contribution in [3.63, 3.8) is 0 Å². The molecule has 5 rings (SSSR count). The van der Waals surface area contributed by atoms with Crippen molar-refractivity contribution in [1.82, 2.24) is 29.6 Å². The Hall–Kier alpha value is -3.95. The molecule has 10 heteroatoms. The van der Waals surface area contributed by atoms with Gasteiger partial charge in [0, 0.05) is 17.9 Å². The molecular formula is C21H21N7O3. The topological polar surface area (TPSA) is 108 Å². The van der Waals surface area contributed by atoms with Gasteiger partial charge in [-0.3, -0.25) is 4.79 Å². The highest BCUT2D eigenvalue weighted by Gasteiger charge is 2.31. The molecule has 0 fully saturated rings. The van der Waals surface area contributed by atoms with Gasteiger partial charge in [0.25, 0.3) is 0 Å². The zero-order chi connectivity index (χ0) is 21.5. The van der Waals surface area contributed by atoms with E-state index in [1.54, 1.807) is 28.6 Å². The third-order valence-electron chi connectivity index (χ3n) is 5.33. The zero-order valence-corrected chi connectivity index (χ0v) is 17.4. The standard InChI is InChI=1S/C21H21N7O3/c1-4-31-16-6-5-13(9-17(16)30-3)14-10-20(29)23-21-15(14)11-22-28(21)19-8-7-18-25-24-12(2)27(18)26-19/h5-9,11,14H,4,10H2,1-3H3,(H,23,29)/t14-/m0/s1. The summed E-state index contributed by atoms with van der Waals surface area (Å²) < 4.78 is 14.4. The summed E-state index contributed by atoms with van der Waals surface area (Å²) in [6.07, 6.45) is 2.08. The Morgan fingerprint density at radius 3 is 2.87 bits per heavy atom. The zero-order valence-electron chi connectivity index (χ0n) is 17.4. The summed E-state index contributed by atoms with van der Waals surface area (Å²) in [5.41, 5.74) is 2.51. The smallest absolute Gasteiger partial charge is 0.226 e. The van der Waals surface area contributed by atoms with Gasteiger partial charge in [0.2, 0.25) is 5.91 Å². The molecule has 31 heavy (non-hydrogen) atoms. The number of benzene rings is 1. The van der Waals surface area contributed by atoms with E-state index in [-0.39, 0.29) is 11.8 Å². The van der Waals surface area contributed by atoms with Gasteiger partial charge in [-0.2, -0.15) is 14.3 Å². The fourth-order valence-electron chi connectivity index (χ4n) is 3.87. The first kappa shape index (κ1) is 19.0. The van der Waals surface area contributed by atoms with Crippen LogP contribution in [0, 0.1) is 6.92 Å². The van der Waals surface area contributed by atoms with E-state index in [1.165, 1.54) is 0 Å². The largest absolute Gasteiger partial charge is 0.493 e. The molecule has 0 spiro atoms. The third-order valence-corrected chi connectivity index (χ3v) is 5.33. The first-order chi connectivity index (χ1) is 15.1. The molecule has 1 amide bonds. The van der Waals surface area contributed by atoms with Gasteiger partial charge in [-0.15, -0.1) is 15.3 Å². The van der Waals surface area contributed by atoms with Gasteiger partial charge in [-0.1, -0.05) is 6.07 Å². The van der Waals surface area contributed by atoms with Crippen LogP contribution in [0.2, 0.25) is 0 Å². The van der Waals surface area contributed by atoms with E-state index in [0.717, 1.165) is 11.1 Å². The summed E-state index contributed by atoms with van der Waals surface area (Å²) in [5, 5.41) is 20.1. The van der Waals surface area contributed by atoms with Crippen LogP contribution in [-0.4, -0.2) is 49.2 Å². The second-order valence-corrected chi connectivity index (χ2v) is 7.22. The van der Waals surface area contributed by atoms with Gasteiger partial charge in [-0.05, 0) is 43.7 Å². The van der Waals surface area contributed by atoms with E-state index in [9.17, 15) is 4.79 Å². The lowest BCUT2D eigenvalue weighted by Crippen LogP contribution is -2.25. The number of methoxy groups -OCH3 is 1. The minimum atomic E-state index is -0.164. The normalized spacial score (nSPS) is 15.6. The first-order valence-electron chi connectivity index (χ1n) is 9.97. The lowest BCUT2D eigenvalue weighted by Gasteiger charge is -2.24.